The third-order valence-electron chi connectivity index (χ3n) is 15.1. The number of carbonyl (C=O) groups excluding carboxylic acids is 2. The summed E-state index contributed by atoms with van der Waals surface area (Å²) in [5, 5.41) is 3.03. The number of phosphoric ester groups is 1. The van der Waals surface area contributed by atoms with Gasteiger partial charge in [-0.05, 0) is 51.0 Å². The number of rotatable bonds is 61. The lowest BCUT2D eigenvalue weighted by molar-refractivity contribution is -0.870. The molecule has 0 bridgehead atoms. The van der Waals surface area contributed by atoms with Gasteiger partial charge in [0.05, 0.1) is 33.8 Å². The first-order valence-electron chi connectivity index (χ1n) is 33.5. The van der Waals surface area contributed by atoms with Crippen molar-refractivity contribution in [3.63, 3.8) is 0 Å². The zero-order chi connectivity index (χ0) is 57.2. The van der Waals surface area contributed by atoms with Crippen molar-refractivity contribution < 1.29 is 37.3 Å². The van der Waals surface area contributed by atoms with E-state index in [1.165, 1.54) is 212 Å². The Morgan fingerprint density at radius 3 is 1.22 bits per heavy atom. The minimum Gasteiger partial charge on any atom is -0.756 e. The van der Waals surface area contributed by atoms with Gasteiger partial charge in [0.25, 0.3) is 7.82 Å². The number of allylic oxidation sites excluding steroid dienone is 7. The first-order chi connectivity index (χ1) is 37.9. The number of hydrogen-bond donors (Lipinski definition) is 1. The van der Waals surface area contributed by atoms with Crippen LogP contribution in [0.4, 0.5) is 0 Å². The van der Waals surface area contributed by atoms with Crippen molar-refractivity contribution in [1.82, 2.24) is 5.32 Å². The summed E-state index contributed by atoms with van der Waals surface area (Å²) >= 11 is 0. The monoisotopic (exact) mass is 1120 g/mol. The Morgan fingerprint density at radius 2 is 0.821 bits per heavy atom. The highest BCUT2D eigenvalue weighted by molar-refractivity contribution is 7.45. The maximum absolute atomic E-state index is 13.5. The molecule has 9 nitrogen and oxygen atoms in total. The Labute approximate surface area is 484 Å². The molecule has 0 rings (SSSR count). The number of likely N-dealkylation sites (N-methyl/N-ethyl adjacent to an activating group) is 1. The predicted molar refractivity (Wildman–Crippen MR) is 335 cm³/mol. The van der Waals surface area contributed by atoms with Crippen LogP contribution < -0.4 is 10.2 Å². The molecule has 0 spiro atoms. The van der Waals surface area contributed by atoms with Crippen LogP contribution in [0.3, 0.4) is 0 Å². The van der Waals surface area contributed by atoms with Crippen molar-refractivity contribution in [2.24, 2.45) is 0 Å². The van der Waals surface area contributed by atoms with Crippen LogP contribution in [0.15, 0.2) is 48.6 Å². The quantitative estimate of drug-likeness (QED) is 0.0161. The van der Waals surface area contributed by atoms with Gasteiger partial charge in [-0.1, -0.05) is 307 Å². The highest BCUT2D eigenvalue weighted by atomic mass is 31.2. The first kappa shape index (κ1) is 76.0. The van der Waals surface area contributed by atoms with Crippen LogP contribution in [-0.4, -0.2) is 69.4 Å². The zero-order valence-electron chi connectivity index (χ0n) is 52.4. The van der Waals surface area contributed by atoms with Crippen LogP contribution in [0.2, 0.25) is 0 Å². The van der Waals surface area contributed by atoms with Crippen LogP contribution in [0, 0.1) is 0 Å². The van der Waals surface area contributed by atoms with Gasteiger partial charge in [-0.2, -0.15) is 0 Å². The molecule has 78 heavy (non-hydrogen) atoms. The first-order valence-corrected chi connectivity index (χ1v) is 34.9. The van der Waals surface area contributed by atoms with Crippen LogP contribution in [-0.2, 0) is 27.9 Å². The fourth-order valence-electron chi connectivity index (χ4n) is 9.94. The van der Waals surface area contributed by atoms with E-state index in [0.717, 1.165) is 77.0 Å². The second kappa shape index (κ2) is 58.2. The van der Waals surface area contributed by atoms with Crippen molar-refractivity contribution in [2.75, 3.05) is 40.9 Å². The number of ether oxygens (including phenoxy) is 1. The maximum Gasteiger partial charge on any atom is 0.306 e. The molecular formula is C68H129N2O7P. The molecule has 0 radical (unpaired) electrons. The Bertz CT molecular complexity index is 1470. The van der Waals surface area contributed by atoms with E-state index < -0.39 is 26.6 Å². The van der Waals surface area contributed by atoms with E-state index in [4.69, 9.17) is 13.8 Å². The Hall–Kier alpha value is -2.03. The van der Waals surface area contributed by atoms with Crippen LogP contribution >= 0.6 is 7.82 Å². The number of nitrogens with one attached hydrogen (secondary N) is 1. The molecule has 3 unspecified atom stereocenters. The van der Waals surface area contributed by atoms with Crippen molar-refractivity contribution in [3.8, 4) is 0 Å². The minimum absolute atomic E-state index is 0.0239. The smallest absolute Gasteiger partial charge is 0.306 e. The van der Waals surface area contributed by atoms with E-state index in [1.807, 2.05) is 33.3 Å². The van der Waals surface area contributed by atoms with Gasteiger partial charge in [0.15, 0.2) is 0 Å². The van der Waals surface area contributed by atoms with Crippen LogP contribution in [0.25, 0.3) is 0 Å². The second-order valence-electron chi connectivity index (χ2n) is 24.0. The van der Waals surface area contributed by atoms with E-state index in [-0.39, 0.29) is 24.9 Å². The molecule has 0 aliphatic heterocycles. The Morgan fingerprint density at radius 1 is 0.462 bits per heavy atom. The lowest BCUT2D eigenvalue weighted by Gasteiger charge is -2.30. The molecule has 458 valence electrons. The molecule has 10 heteroatoms. The summed E-state index contributed by atoms with van der Waals surface area (Å²) in [5.74, 6) is -0.542. The van der Waals surface area contributed by atoms with E-state index in [1.54, 1.807) is 0 Å². The minimum atomic E-state index is -4.70. The van der Waals surface area contributed by atoms with Crippen molar-refractivity contribution >= 4 is 19.7 Å². The number of quaternary nitrogens is 1. The summed E-state index contributed by atoms with van der Waals surface area (Å²) in [6.45, 7) is 6.74. The van der Waals surface area contributed by atoms with Crippen molar-refractivity contribution in [2.45, 2.75) is 335 Å². The van der Waals surface area contributed by atoms with Gasteiger partial charge in [-0.15, -0.1) is 0 Å². The zero-order valence-corrected chi connectivity index (χ0v) is 53.3. The predicted octanol–water partition coefficient (Wildman–Crippen LogP) is 20.2. The van der Waals surface area contributed by atoms with E-state index >= 15 is 0 Å². The number of nitrogens with zero attached hydrogens (tertiary/aromatic N) is 1. The van der Waals surface area contributed by atoms with Gasteiger partial charge < -0.3 is 28.5 Å². The van der Waals surface area contributed by atoms with Gasteiger partial charge in [0, 0.05) is 12.8 Å². The third kappa shape index (κ3) is 58.6. The second-order valence-corrected chi connectivity index (χ2v) is 25.4. The van der Waals surface area contributed by atoms with Crippen LogP contribution in [0.5, 0.6) is 0 Å². The highest BCUT2D eigenvalue weighted by Crippen LogP contribution is 2.38. The van der Waals surface area contributed by atoms with E-state index in [9.17, 15) is 19.0 Å². The van der Waals surface area contributed by atoms with Gasteiger partial charge in [0.1, 0.15) is 19.3 Å². The van der Waals surface area contributed by atoms with E-state index in [0.29, 0.717) is 17.4 Å². The van der Waals surface area contributed by atoms with Crippen LogP contribution in [0.1, 0.15) is 323 Å². The normalized spacial score (nSPS) is 13.9. The van der Waals surface area contributed by atoms with Gasteiger partial charge in [-0.25, -0.2) is 0 Å². The molecule has 0 saturated carbocycles. The molecular weight excluding hydrogens is 988 g/mol. The molecule has 0 saturated heterocycles. The van der Waals surface area contributed by atoms with E-state index in [2.05, 4.69) is 62.5 Å². The number of esters is 1. The fourth-order valence-corrected chi connectivity index (χ4v) is 10.7. The molecule has 3 atom stereocenters. The topological polar surface area (TPSA) is 114 Å². The lowest BCUT2D eigenvalue weighted by atomic mass is 10.0. The molecule has 1 amide bonds. The Balaban J connectivity index is 5.05. The average molecular weight is 1120 g/mol. The summed E-state index contributed by atoms with van der Waals surface area (Å²) < 4.78 is 30.4. The molecule has 0 aromatic carbocycles. The molecule has 0 heterocycles. The molecule has 0 aliphatic rings. The number of amides is 1. The molecule has 1 N–H and O–H groups in total. The van der Waals surface area contributed by atoms with Crippen molar-refractivity contribution in [3.05, 3.63) is 48.6 Å². The summed E-state index contributed by atoms with van der Waals surface area (Å²) in [5.41, 5.74) is 0. The SMILES string of the molecule is CC/C=C/C=C/C=C/CCCCCCCCCC(=O)NC(COP(=O)([O-])OCC[N+](C)(C)C)C(/C=C\CCCCCCCCCCCC)OC(=O)CCCCCCCCCCCCCCCCCCCCCCCCCCC. The van der Waals surface area contributed by atoms with Gasteiger partial charge >= 0.3 is 5.97 Å². The maximum atomic E-state index is 13.5. The molecule has 0 aromatic rings. The third-order valence-corrected chi connectivity index (χ3v) is 16.0. The average Bonchev–Trinajstić information content (AvgIpc) is 3.40. The summed E-state index contributed by atoms with van der Waals surface area (Å²) in [6, 6.07) is -0.893. The Kier molecular flexibility index (Phi) is 56.7. The van der Waals surface area contributed by atoms with Gasteiger partial charge in [-0.3, -0.25) is 14.2 Å². The molecule has 0 fully saturated rings. The molecule has 0 aromatic heterocycles. The lowest BCUT2D eigenvalue weighted by Crippen LogP contribution is -2.47. The number of hydrogen-bond acceptors (Lipinski definition) is 7. The number of phosphoric acid groups is 1. The molecule has 0 aliphatic carbocycles. The number of carbonyl (C=O) groups is 2. The summed E-state index contributed by atoms with van der Waals surface area (Å²) in [4.78, 5) is 40.0. The highest BCUT2D eigenvalue weighted by Gasteiger charge is 2.27. The van der Waals surface area contributed by atoms with Crippen molar-refractivity contribution in [1.29, 1.82) is 0 Å². The fraction of sp³-hybridized carbons (Fsp3) is 0.853. The summed E-state index contributed by atoms with van der Waals surface area (Å²) in [6.07, 6.45) is 72.4. The summed E-state index contributed by atoms with van der Waals surface area (Å²) in [7, 11) is 1.18. The largest absolute Gasteiger partial charge is 0.756 e. The standard InChI is InChI=1S/C68H129N2O7P/c1-7-10-13-16-19-22-25-28-30-31-32-33-34-35-36-37-38-39-41-43-46-49-52-55-58-61-68(72)77-66(59-56-53-50-47-44-27-24-21-18-15-12-9-3)65(64-76-78(73,74)75-63-62-70(4,5)6)69-67(71)60-57-54-51-48-45-42-40-29-26-23-20-17-14-11-8-2/h11,14,17,20,23,26,56,59,65-66H,7-10,12-13,15-16,18-19,21-22,24-25,27-55,57-58,60-64H2,1-6H3,(H-,69,71,73,74)/b14-11+,20-17+,26-23+,59-56-. The van der Waals surface area contributed by atoms with Gasteiger partial charge in [0.2, 0.25) is 5.91 Å². The number of unbranched alkanes of at least 4 members (excludes halogenated alkanes) is 41.